The number of thiophene rings is 1. The highest BCUT2D eigenvalue weighted by atomic mass is 32.1. The first-order valence-electron chi connectivity index (χ1n) is 13.8. The number of carboxylic acids is 1. The van der Waals surface area contributed by atoms with Crippen LogP contribution in [0, 0.1) is 0 Å². The molecule has 4 aromatic rings. The number of carbonyl (C=O) groups is 1. The maximum Gasteiger partial charge on any atom is 0.573 e. The summed E-state index contributed by atoms with van der Waals surface area (Å²) in [6, 6.07) is 9.89. The van der Waals surface area contributed by atoms with Crippen molar-refractivity contribution in [3.05, 3.63) is 58.0 Å². The van der Waals surface area contributed by atoms with Crippen molar-refractivity contribution in [1.29, 1.82) is 0 Å². The van der Waals surface area contributed by atoms with Gasteiger partial charge in [-0.3, -0.25) is 0 Å². The third-order valence-electron chi connectivity index (χ3n) is 8.07. The van der Waals surface area contributed by atoms with Crippen molar-refractivity contribution in [2.75, 3.05) is 4.90 Å². The van der Waals surface area contributed by atoms with Gasteiger partial charge in [0.25, 0.3) is 0 Å². The summed E-state index contributed by atoms with van der Waals surface area (Å²) in [5.74, 6) is -0.379. The van der Waals surface area contributed by atoms with E-state index in [1.165, 1.54) is 23.5 Å². The molecule has 0 radical (unpaired) electrons. The molecule has 5 heterocycles. The maximum atomic E-state index is 13.1. The Morgan fingerprint density at radius 1 is 1.10 bits per heavy atom. The van der Waals surface area contributed by atoms with Gasteiger partial charge in [-0.25, -0.2) is 9.78 Å². The predicted octanol–water partition coefficient (Wildman–Crippen LogP) is 7.72. The summed E-state index contributed by atoms with van der Waals surface area (Å²) < 4.78 is 55.7. The molecule has 1 aromatic carbocycles. The average molecular weight is 618 g/mol. The molecule has 1 saturated carbocycles. The van der Waals surface area contributed by atoms with E-state index in [9.17, 15) is 23.1 Å². The number of para-hydroxylation sites is 1. The van der Waals surface area contributed by atoms with Crippen LogP contribution in [0.1, 0.15) is 65.4 Å². The number of aromatic carboxylic acids is 1. The number of anilines is 1. The first-order chi connectivity index (χ1) is 20.2. The van der Waals surface area contributed by atoms with E-state index in [1.54, 1.807) is 35.6 Å². The highest BCUT2D eigenvalue weighted by molar-refractivity contribution is 7.18. The van der Waals surface area contributed by atoms with E-state index in [1.807, 2.05) is 5.38 Å². The van der Waals surface area contributed by atoms with E-state index < -0.39 is 12.3 Å². The molecule has 1 aliphatic carbocycles. The first kappa shape index (κ1) is 27.4. The number of thiazole rings is 1. The number of rotatable bonds is 9. The van der Waals surface area contributed by atoms with Crippen LogP contribution in [0.15, 0.2) is 46.3 Å². The molecule has 3 fully saturated rings. The van der Waals surface area contributed by atoms with Crippen molar-refractivity contribution >= 4 is 33.8 Å². The highest BCUT2D eigenvalue weighted by Crippen LogP contribution is 2.47. The van der Waals surface area contributed by atoms with E-state index >= 15 is 0 Å². The highest BCUT2D eigenvalue weighted by Gasteiger charge is 2.43. The lowest BCUT2D eigenvalue weighted by Gasteiger charge is -2.38. The number of carboxylic acid groups (broad SMARTS) is 1. The summed E-state index contributed by atoms with van der Waals surface area (Å²) in [4.78, 5) is 19.6. The van der Waals surface area contributed by atoms with Gasteiger partial charge in [0, 0.05) is 34.5 Å². The molecule has 3 aromatic heterocycles. The quantitative estimate of drug-likeness (QED) is 0.204. The Bertz CT molecular complexity index is 1600. The van der Waals surface area contributed by atoms with Gasteiger partial charge in [0.15, 0.2) is 5.13 Å². The molecule has 2 bridgehead atoms. The fourth-order valence-corrected chi connectivity index (χ4v) is 7.93. The van der Waals surface area contributed by atoms with Gasteiger partial charge in [-0.15, -0.1) is 35.8 Å². The molecule has 0 spiro atoms. The van der Waals surface area contributed by atoms with Crippen LogP contribution in [0.3, 0.4) is 0 Å². The standard InChI is InChI=1S/C29H26F3N3O5S2/c30-29(31,32)39-22-4-2-1-3-19(22)25-20(26(40-34-25)15-5-6-15)13-38-18-11-16-7-8-17(12-18)35(16)28-33-21(14-41-28)23-9-10-24(42-23)27(36)37/h1-4,9-10,14-18H,5-8,11-13H2,(H,36,37)/t16-,17+,18+. The smallest absolute Gasteiger partial charge is 0.477 e. The number of aromatic nitrogens is 2. The first-order valence-corrected chi connectivity index (χ1v) is 15.5. The number of benzene rings is 1. The second-order valence-corrected chi connectivity index (χ2v) is 12.8. The lowest BCUT2D eigenvalue weighted by atomic mass is 10.00. The van der Waals surface area contributed by atoms with E-state index in [2.05, 4.69) is 14.8 Å². The monoisotopic (exact) mass is 617 g/mol. The molecular weight excluding hydrogens is 591 g/mol. The third kappa shape index (κ3) is 5.40. The Morgan fingerprint density at radius 3 is 2.55 bits per heavy atom. The molecule has 8 nitrogen and oxygen atoms in total. The Kier molecular flexibility index (Phi) is 6.98. The largest absolute Gasteiger partial charge is 0.573 e. The number of hydrogen-bond donors (Lipinski definition) is 1. The molecule has 3 aliphatic rings. The minimum Gasteiger partial charge on any atom is -0.477 e. The Labute approximate surface area is 246 Å². The number of halogens is 3. The maximum absolute atomic E-state index is 13.1. The van der Waals surface area contributed by atoms with Crippen LogP contribution in [0.2, 0.25) is 0 Å². The molecule has 3 atom stereocenters. The molecular formula is C29H26F3N3O5S2. The fourth-order valence-electron chi connectivity index (χ4n) is 6.08. The molecule has 42 heavy (non-hydrogen) atoms. The number of fused-ring (bicyclic) bond motifs is 2. The van der Waals surface area contributed by atoms with E-state index in [-0.39, 0.29) is 46.9 Å². The normalized spacial score (nSPS) is 22.1. The van der Waals surface area contributed by atoms with Crippen LogP contribution in [0.4, 0.5) is 18.3 Å². The van der Waals surface area contributed by atoms with Crippen molar-refractivity contribution in [3.63, 3.8) is 0 Å². The summed E-state index contributed by atoms with van der Waals surface area (Å²) in [6.07, 6.45) is 0.706. The van der Waals surface area contributed by atoms with Gasteiger partial charge in [-0.05, 0) is 62.8 Å². The van der Waals surface area contributed by atoms with Crippen LogP contribution < -0.4 is 9.64 Å². The van der Waals surface area contributed by atoms with E-state index in [0.29, 0.717) is 17.0 Å². The van der Waals surface area contributed by atoms with Gasteiger partial charge in [-0.2, -0.15) is 0 Å². The predicted molar refractivity (Wildman–Crippen MR) is 150 cm³/mol. The van der Waals surface area contributed by atoms with Gasteiger partial charge in [0.1, 0.15) is 22.1 Å². The topological polar surface area (TPSA) is 97.9 Å². The zero-order valence-electron chi connectivity index (χ0n) is 22.2. The van der Waals surface area contributed by atoms with Gasteiger partial charge >= 0.3 is 12.3 Å². The number of alkyl halides is 3. The van der Waals surface area contributed by atoms with Crippen LogP contribution >= 0.6 is 22.7 Å². The molecule has 2 aliphatic heterocycles. The van der Waals surface area contributed by atoms with Crippen molar-refractivity contribution in [1.82, 2.24) is 10.1 Å². The zero-order valence-corrected chi connectivity index (χ0v) is 23.8. The summed E-state index contributed by atoms with van der Waals surface area (Å²) in [5.41, 5.74) is 2.02. The van der Waals surface area contributed by atoms with Gasteiger partial charge in [-0.1, -0.05) is 17.3 Å². The van der Waals surface area contributed by atoms with Gasteiger partial charge < -0.3 is 24.0 Å². The SMILES string of the molecule is O=C(O)c1ccc(-c2csc(N3[C@@H]4CC[C@H]3C[C@@H](OCc3c(-c5ccccc5OC(F)(F)F)noc3C3CC3)C4)n2)s1. The second kappa shape index (κ2) is 10.7. The lowest BCUT2D eigenvalue weighted by molar-refractivity contribution is -0.274. The van der Waals surface area contributed by atoms with E-state index in [4.69, 9.17) is 14.2 Å². The zero-order chi connectivity index (χ0) is 29.0. The molecule has 7 rings (SSSR count). The minimum atomic E-state index is -4.83. The molecule has 2 saturated heterocycles. The molecule has 1 N–H and O–H groups in total. The minimum absolute atomic E-state index is 0.0231. The average Bonchev–Trinajstić information content (AvgIpc) is 3.29. The number of hydrogen-bond acceptors (Lipinski definition) is 9. The van der Waals surface area contributed by atoms with Crippen molar-refractivity contribution < 1.29 is 37.1 Å². The van der Waals surface area contributed by atoms with Crippen molar-refractivity contribution in [2.24, 2.45) is 0 Å². The Hall–Kier alpha value is -3.42. The number of nitrogens with zero attached hydrogens (tertiary/aromatic N) is 3. The van der Waals surface area contributed by atoms with Gasteiger partial charge in [0.05, 0.1) is 23.3 Å². The van der Waals surface area contributed by atoms with E-state index in [0.717, 1.165) is 54.2 Å². The van der Waals surface area contributed by atoms with Gasteiger partial charge in [0.2, 0.25) is 0 Å². The summed E-state index contributed by atoms with van der Waals surface area (Å²) in [6.45, 7) is 0.195. The molecule has 0 amide bonds. The van der Waals surface area contributed by atoms with Crippen LogP contribution in [0.25, 0.3) is 21.8 Å². The Balaban J connectivity index is 1.07. The number of ether oxygens (including phenoxy) is 2. The summed E-state index contributed by atoms with van der Waals surface area (Å²) in [5, 5.41) is 16.3. The second-order valence-electron chi connectivity index (χ2n) is 10.9. The van der Waals surface area contributed by atoms with Crippen LogP contribution in [-0.2, 0) is 11.3 Å². The summed E-state index contributed by atoms with van der Waals surface area (Å²) in [7, 11) is 0. The molecule has 0 unspecified atom stereocenters. The van der Waals surface area contributed by atoms with Crippen molar-refractivity contribution in [3.8, 4) is 27.6 Å². The molecule has 13 heteroatoms. The van der Waals surface area contributed by atoms with Crippen LogP contribution in [0.5, 0.6) is 5.75 Å². The molecule has 220 valence electrons. The summed E-state index contributed by atoms with van der Waals surface area (Å²) >= 11 is 2.78. The fraction of sp³-hybridized carbons (Fsp3) is 0.414. The Morgan fingerprint density at radius 2 is 1.86 bits per heavy atom. The lowest BCUT2D eigenvalue weighted by Crippen LogP contribution is -2.45. The third-order valence-corrected chi connectivity index (χ3v) is 10.0. The van der Waals surface area contributed by atoms with Crippen LogP contribution in [-0.4, -0.2) is 45.8 Å². The van der Waals surface area contributed by atoms with Crippen molar-refractivity contribution in [2.45, 2.75) is 75.6 Å². The number of piperidine rings is 1.